The molecule has 3 rings (SSSR count). The second-order valence-electron chi connectivity index (χ2n) is 6.33. The first-order valence-corrected chi connectivity index (χ1v) is 10.5. The molecular weight excluding hydrogens is 350 g/mol. The highest BCUT2D eigenvalue weighted by atomic mass is 32.2. The second kappa shape index (κ2) is 7.70. The molecule has 0 spiro atoms. The van der Waals surface area contributed by atoms with Gasteiger partial charge in [-0.1, -0.05) is 24.3 Å². The molecule has 0 aliphatic heterocycles. The van der Waals surface area contributed by atoms with Crippen LogP contribution in [0, 0.1) is 0 Å². The number of nitrogens with zero attached hydrogens (tertiary/aromatic N) is 1. The van der Waals surface area contributed by atoms with Crippen molar-refractivity contribution in [3.05, 3.63) is 65.5 Å². The Morgan fingerprint density at radius 2 is 1.85 bits per heavy atom. The van der Waals surface area contributed by atoms with E-state index < -0.39 is 9.84 Å². The van der Waals surface area contributed by atoms with Crippen molar-refractivity contribution in [2.24, 2.45) is 0 Å². The number of fused-ring (bicyclic) bond motifs is 1. The van der Waals surface area contributed by atoms with Crippen LogP contribution in [0.4, 0.5) is 0 Å². The summed E-state index contributed by atoms with van der Waals surface area (Å²) in [6.07, 6.45) is 2.72. The molecule has 2 N–H and O–H groups in total. The average molecular weight is 371 g/mol. The minimum atomic E-state index is -3.07. The Kier molecular flexibility index (Phi) is 5.37. The summed E-state index contributed by atoms with van der Waals surface area (Å²) in [6.45, 7) is 0.543. The van der Waals surface area contributed by atoms with E-state index in [0.29, 0.717) is 17.7 Å². The molecule has 1 amide bonds. The normalized spacial score (nSPS) is 11.6. The number of imidazole rings is 1. The van der Waals surface area contributed by atoms with E-state index in [-0.39, 0.29) is 11.7 Å². The maximum absolute atomic E-state index is 12.1. The summed E-state index contributed by atoms with van der Waals surface area (Å²) in [7, 11) is -3.07. The van der Waals surface area contributed by atoms with Crippen LogP contribution < -0.4 is 5.32 Å². The highest BCUT2D eigenvalue weighted by Crippen LogP contribution is 2.11. The van der Waals surface area contributed by atoms with Gasteiger partial charge in [0.25, 0.3) is 5.91 Å². The van der Waals surface area contributed by atoms with Crippen molar-refractivity contribution in [2.75, 3.05) is 12.8 Å². The fraction of sp³-hybridized carbons (Fsp3) is 0.263. The molecule has 7 heteroatoms. The lowest BCUT2D eigenvalue weighted by Gasteiger charge is -2.06. The minimum Gasteiger partial charge on any atom is -0.352 e. The molecule has 6 nitrogen and oxygen atoms in total. The molecule has 0 bridgehead atoms. The lowest BCUT2D eigenvalue weighted by Crippen LogP contribution is -2.24. The Hall–Kier alpha value is -2.67. The van der Waals surface area contributed by atoms with Gasteiger partial charge in [-0.25, -0.2) is 13.4 Å². The molecule has 0 fully saturated rings. The van der Waals surface area contributed by atoms with Gasteiger partial charge < -0.3 is 10.3 Å². The van der Waals surface area contributed by atoms with E-state index in [9.17, 15) is 13.2 Å². The molecule has 0 saturated heterocycles. The largest absolute Gasteiger partial charge is 0.352 e. The van der Waals surface area contributed by atoms with Crippen LogP contribution in [0.3, 0.4) is 0 Å². The molecule has 0 unspecified atom stereocenters. The number of H-pyrrole nitrogens is 1. The number of rotatable bonds is 7. The van der Waals surface area contributed by atoms with Gasteiger partial charge in [0.2, 0.25) is 0 Å². The van der Waals surface area contributed by atoms with E-state index >= 15 is 0 Å². The highest BCUT2D eigenvalue weighted by molar-refractivity contribution is 7.89. The number of aromatic nitrogens is 2. The smallest absolute Gasteiger partial charge is 0.251 e. The topological polar surface area (TPSA) is 91.9 Å². The lowest BCUT2D eigenvalue weighted by atomic mass is 10.1. The van der Waals surface area contributed by atoms with Crippen LogP contribution in [-0.4, -0.2) is 37.1 Å². The number of carbonyl (C=O) groups excluding carboxylic acids is 1. The average Bonchev–Trinajstić information content (AvgIpc) is 3.00. The van der Waals surface area contributed by atoms with Crippen LogP contribution in [0.25, 0.3) is 11.0 Å². The van der Waals surface area contributed by atoms with E-state index in [2.05, 4.69) is 15.3 Å². The van der Waals surface area contributed by atoms with Gasteiger partial charge in [-0.15, -0.1) is 0 Å². The van der Waals surface area contributed by atoms with Gasteiger partial charge in [0, 0.05) is 24.8 Å². The van der Waals surface area contributed by atoms with Crippen molar-refractivity contribution in [3.8, 4) is 0 Å². The monoisotopic (exact) mass is 371 g/mol. The molecule has 3 aromatic rings. The molecule has 0 radical (unpaired) electrons. The lowest BCUT2D eigenvalue weighted by molar-refractivity contribution is 0.0953. The molecule has 26 heavy (non-hydrogen) atoms. The second-order valence-corrected chi connectivity index (χ2v) is 8.47. The minimum absolute atomic E-state index is 0.0214. The Labute approximate surface area is 152 Å². The SMILES string of the molecule is CS(=O)(=O)Cc1ccc(C(=O)NCCCc2nc3ccccc3[nH]2)cc1. The predicted molar refractivity (Wildman–Crippen MR) is 102 cm³/mol. The van der Waals surface area contributed by atoms with Gasteiger partial charge in [-0.3, -0.25) is 4.79 Å². The van der Waals surface area contributed by atoms with E-state index in [1.807, 2.05) is 24.3 Å². The third-order valence-electron chi connectivity index (χ3n) is 3.96. The summed E-state index contributed by atoms with van der Waals surface area (Å²) in [5, 5.41) is 2.87. The summed E-state index contributed by atoms with van der Waals surface area (Å²) in [6, 6.07) is 14.5. The number of carbonyl (C=O) groups is 1. The third kappa shape index (κ3) is 4.92. The summed E-state index contributed by atoms with van der Waals surface area (Å²) >= 11 is 0. The Balaban J connectivity index is 1.47. The van der Waals surface area contributed by atoms with Crippen LogP contribution in [0.15, 0.2) is 48.5 Å². The van der Waals surface area contributed by atoms with Gasteiger partial charge in [0.1, 0.15) is 5.82 Å². The number of hydrogen-bond donors (Lipinski definition) is 2. The van der Waals surface area contributed by atoms with Crippen molar-refractivity contribution in [3.63, 3.8) is 0 Å². The van der Waals surface area contributed by atoms with E-state index in [1.165, 1.54) is 6.26 Å². The maximum atomic E-state index is 12.1. The molecule has 0 atom stereocenters. The van der Waals surface area contributed by atoms with Crippen molar-refractivity contribution in [2.45, 2.75) is 18.6 Å². The Morgan fingerprint density at radius 3 is 2.54 bits per heavy atom. The number of para-hydroxylation sites is 2. The van der Waals surface area contributed by atoms with Crippen LogP contribution in [0.5, 0.6) is 0 Å². The zero-order valence-electron chi connectivity index (χ0n) is 14.5. The Bertz CT molecular complexity index is 975. The van der Waals surface area contributed by atoms with Gasteiger partial charge in [0.05, 0.1) is 16.8 Å². The number of amides is 1. The molecular formula is C19H21N3O3S. The number of sulfone groups is 1. The van der Waals surface area contributed by atoms with Crippen LogP contribution in [0.1, 0.15) is 28.2 Å². The van der Waals surface area contributed by atoms with E-state index in [0.717, 1.165) is 29.7 Å². The highest BCUT2D eigenvalue weighted by Gasteiger charge is 2.08. The fourth-order valence-corrected chi connectivity index (χ4v) is 3.54. The zero-order valence-corrected chi connectivity index (χ0v) is 15.3. The number of benzene rings is 2. The predicted octanol–water partition coefficient (Wildman–Crippen LogP) is 2.47. The van der Waals surface area contributed by atoms with Crippen molar-refractivity contribution >= 4 is 26.8 Å². The first-order valence-electron chi connectivity index (χ1n) is 8.39. The molecule has 0 aliphatic rings. The first kappa shape index (κ1) is 18.1. The molecule has 1 aromatic heterocycles. The van der Waals surface area contributed by atoms with Crippen LogP contribution in [-0.2, 0) is 22.0 Å². The number of aryl methyl sites for hydroxylation is 1. The third-order valence-corrected chi connectivity index (χ3v) is 4.82. The van der Waals surface area contributed by atoms with Gasteiger partial charge in [-0.05, 0) is 36.2 Å². The summed E-state index contributed by atoms with van der Waals surface area (Å²) in [5.41, 5.74) is 3.15. The van der Waals surface area contributed by atoms with Crippen molar-refractivity contribution < 1.29 is 13.2 Å². The number of nitrogens with one attached hydrogen (secondary N) is 2. The first-order chi connectivity index (χ1) is 12.4. The molecule has 0 aliphatic carbocycles. The van der Waals surface area contributed by atoms with Crippen molar-refractivity contribution in [1.29, 1.82) is 0 Å². The van der Waals surface area contributed by atoms with Crippen LogP contribution >= 0.6 is 0 Å². The standard InChI is InChI=1S/C19H21N3O3S/c1-26(24,25)13-14-8-10-15(11-9-14)19(23)20-12-4-7-18-21-16-5-2-3-6-17(16)22-18/h2-3,5-6,8-11H,4,7,12-13H2,1H3,(H,20,23)(H,21,22). The molecule has 1 heterocycles. The number of aromatic amines is 1. The van der Waals surface area contributed by atoms with Crippen LogP contribution in [0.2, 0.25) is 0 Å². The summed E-state index contributed by atoms with van der Waals surface area (Å²) in [4.78, 5) is 19.9. The molecule has 0 saturated carbocycles. The number of hydrogen-bond acceptors (Lipinski definition) is 4. The molecule has 136 valence electrons. The summed E-state index contributed by atoms with van der Waals surface area (Å²) < 4.78 is 22.6. The van der Waals surface area contributed by atoms with E-state index in [1.54, 1.807) is 24.3 Å². The van der Waals surface area contributed by atoms with Gasteiger partial charge in [0.15, 0.2) is 9.84 Å². The quantitative estimate of drug-likeness (QED) is 0.624. The van der Waals surface area contributed by atoms with Crippen molar-refractivity contribution in [1.82, 2.24) is 15.3 Å². The summed E-state index contributed by atoms with van der Waals surface area (Å²) in [5.74, 6) is 0.720. The zero-order chi connectivity index (χ0) is 18.6. The Morgan fingerprint density at radius 1 is 1.12 bits per heavy atom. The van der Waals surface area contributed by atoms with Gasteiger partial charge in [-0.2, -0.15) is 0 Å². The van der Waals surface area contributed by atoms with Gasteiger partial charge >= 0.3 is 0 Å². The fourth-order valence-electron chi connectivity index (χ4n) is 2.74. The van der Waals surface area contributed by atoms with E-state index in [4.69, 9.17) is 0 Å². The molecule has 2 aromatic carbocycles. The maximum Gasteiger partial charge on any atom is 0.251 e.